The quantitative estimate of drug-likeness (QED) is 0.853. The van der Waals surface area contributed by atoms with E-state index in [0.717, 1.165) is 23.3 Å². The minimum Gasteiger partial charge on any atom is -0.496 e. The van der Waals surface area contributed by atoms with Crippen LogP contribution in [0.2, 0.25) is 0 Å². The normalized spacial score (nSPS) is 15.1. The zero-order valence-corrected chi connectivity index (χ0v) is 14.0. The maximum Gasteiger partial charge on any atom is 0.409 e. The Morgan fingerprint density at radius 2 is 1.78 bits per heavy atom. The van der Waals surface area contributed by atoms with E-state index in [0.29, 0.717) is 32.6 Å². The molecule has 1 saturated heterocycles. The van der Waals surface area contributed by atoms with Crippen molar-refractivity contribution in [3.8, 4) is 5.75 Å². The second kappa shape index (κ2) is 7.85. The Morgan fingerprint density at radius 1 is 1.09 bits per heavy atom. The molecule has 23 heavy (non-hydrogen) atoms. The maximum atomic E-state index is 12.6. The number of nitrogens with zero attached hydrogens (tertiary/aromatic N) is 2. The van der Waals surface area contributed by atoms with E-state index in [-0.39, 0.29) is 12.0 Å². The molecule has 0 spiro atoms. The molecular formula is C17H24N2O4. The van der Waals surface area contributed by atoms with Crippen molar-refractivity contribution in [3.05, 3.63) is 29.3 Å². The first-order valence-corrected chi connectivity index (χ1v) is 7.79. The topological polar surface area (TPSA) is 59.1 Å². The number of amides is 2. The summed E-state index contributed by atoms with van der Waals surface area (Å²) in [5, 5.41) is 0. The largest absolute Gasteiger partial charge is 0.496 e. The summed E-state index contributed by atoms with van der Waals surface area (Å²) >= 11 is 0. The molecule has 2 rings (SSSR count). The third-order valence-corrected chi connectivity index (χ3v) is 4.06. The van der Waals surface area contributed by atoms with Crippen LogP contribution in [0.15, 0.2) is 18.2 Å². The molecule has 1 heterocycles. The Morgan fingerprint density at radius 3 is 2.48 bits per heavy atom. The van der Waals surface area contributed by atoms with Crippen molar-refractivity contribution in [1.29, 1.82) is 0 Å². The number of benzene rings is 1. The van der Waals surface area contributed by atoms with E-state index in [1.54, 1.807) is 12.0 Å². The first kappa shape index (κ1) is 17.1. The summed E-state index contributed by atoms with van der Waals surface area (Å²) in [4.78, 5) is 27.6. The lowest BCUT2D eigenvalue weighted by Crippen LogP contribution is -2.37. The molecule has 0 unspecified atom stereocenters. The Hall–Kier alpha value is -2.24. The molecule has 0 aromatic heterocycles. The molecule has 0 radical (unpaired) electrons. The number of aryl methyl sites for hydroxylation is 1. The highest BCUT2D eigenvalue weighted by atomic mass is 16.5. The van der Waals surface area contributed by atoms with Gasteiger partial charge in [-0.2, -0.15) is 0 Å². The lowest BCUT2D eigenvalue weighted by Gasteiger charge is -2.22. The average Bonchev–Trinajstić information content (AvgIpc) is 2.80. The van der Waals surface area contributed by atoms with E-state index in [4.69, 9.17) is 9.47 Å². The summed E-state index contributed by atoms with van der Waals surface area (Å²) in [5.74, 6) is 0.788. The van der Waals surface area contributed by atoms with Crippen LogP contribution in [0.25, 0.3) is 0 Å². The molecular weight excluding hydrogens is 296 g/mol. The Kier molecular flexibility index (Phi) is 5.84. The number of methoxy groups -OCH3 is 2. The van der Waals surface area contributed by atoms with Crippen molar-refractivity contribution < 1.29 is 19.1 Å². The van der Waals surface area contributed by atoms with Gasteiger partial charge in [-0.3, -0.25) is 4.79 Å². The lowest BCUT2D eigenvalue weighted by molar-refractivity contribution is -0.130. The van der Waals surface area contributed by atoms with Gasteiger partial charge < -0.3 is 19.3 Å². The highest BCUT2D eigenvalue weighted by Crippen LogP contribution is 2.21. The van der Waals surface area contributed by atoms with Crippen LogP contribution in [0.4, 0.5) is 4.79 Å². The Labute approximate surface area is 137 Å². The number of carbonyl (C=O) groups is 2. The van der Waals surface area contributed by atoms with Crippen molar-refractivity contribution in [2.75, 3.05) is 40.4 Å². The molecule has 0 N–H and O–H groups in total. The van der Waals surface area contributed by atoms with Gasteiger partial charge in [0.1, 0.15) is 5.75 Å². The SMILES string of the molecule is COC(=O)N1CCCN(C(=O)Cc2cc(C)ccc2OC)CC1. The molecule has 1 aromatic carbocycles. The molecule has 126 valence electrons. The fourth-order valence-corrected chi connectivity index (χ4v) is 2.80. The third-order valence-electron chi connectivity index (χ3n) is 4.06. The zero-order valence-electron chi connectivity index (χ0n) is 14.0. The minimum atomic E-state index is -0.334. The molecule has 0 aliphatic carbocycles. The van der Waals surface area contributed by atoms with Gasteiger partial charge in [0.05, 0.1) is 20.6 Å². The van der Waals surface area contributed by atoms with E-state index >= 15 is 0 Å². The fraction of sp³-hybridized carbons (Fsp3) is 0.529. The summed E-state index contributed by atoms with van der Waals surface area (Å²) in [7, 11) is 2.99. The van der Waals surface area contributed by atoms with Gasteiger partial charge in [-0.15, -0.1) is 0 Å². The molecule has 6 nitrogen and oxygen atoms in total. The van der Waals surface area contributed by atoms with Gasteiger partial charge in [0, 0.05) is 31.7 Å². The summed E-state index contributed by atoms with van der Waals surface area (Å²) in [6.07, 6.45) is 0.731. The van der Waals surface area contributed by atoms with Crippen molar-refractivity contribution in [2.45, 2.75) is 19.8 Å². The monoisotopic (exact) mass is 320 g/mol. The van der Waals surface area contributed by atoms with E-state index in [9.17, 15) is 9.59 Å². The Bertz CT molecular complexity index is 574. The van der Waals surface area contributed by atoms with E-state index < -0.39 is 0 Å². The molecule has 0 bridgehead atoms. The molecule has 0 saturated carbocycles. The third kappa shape index (κ3) is 4.37. The molecule has 2 amide bonds. The first-order chi connectivity index (χ1) is 11.0. The van der Waals surface area contributed by atoms with Crippen LogP contribution in [0.5, 0.6) is 5.75 Å². The van der Waals surface area contributed by atoms with Gasteiger partial charge in [-0.05, 0) is 19.4 Å². The lowest BCUT2D eigenvalue weighted by atomic mass is 10.1. The van der Waals surface area contributed by atoms with Crippen LogP contribution in [0, 0.1) is 6.92 Å². The maximum absolute atomic E-state index is 12.6. The smallest absolute Gasteiger partial charge is 0.409 e. The molecule has 1 aromatic rings. The predicted molar refractivity (Wildman–Crippen MR) is 86.6 cm³/mol. The van der Waals surface area contributed by atoms with Gasteiger partial charge in [0.25, 0.3) is 0 Å². The summed E-state index contributed by atoms with van der Waals surface area (Å²) in [6, 6.07) is 5.83. The molecule has 6 heteroatoms. The highest BCUT2D eigenvalue weighted by molar-refractivity contribution is 5.79. The highest BCUT2D eigenvalue weighted by Gasteiger charge is 2.23. The molecule has 0 atom stereocenters. The van der Waals surface area contributed by atoms with Crippen LogP contribution in [0.3, 0.4) is 0 Å². The summed E-state index contributed by atoms with van der Waals surface area (Å²) < 4.78 is 10.1. The van der Waals surface area contributed by atoms with Gasteiger partial charge in [0.2, 0.25) is 5.91 Å². The summed E-state index contributed by atoms with van der Waals surface area (Å²) in [5.41, 5.74) is 1.99. The standard InChI is InChI=1S/C17H24N2O4/c1-13-5-6-15(22-2)14(11-13)12-16(20)18-7-4-8-19(10-9-18)17(21)23-3/h5-6,11H,4,7-10,12H2,1-3H3. The minimum absolute atomic E-state index is 0.0561. The van der Waals surface area contributed by atoms with Crippen molar-refractivity contribution in [2.24, 2.45) is 0 Å². The van der Waals surface area contributed by atoms with Crippen LogP contribution in [0.1, 0.15) is 17.5 Å². The van der Waals surface area contributed by atoms with E-state index in [1.807, 2.05) is 30.0 Å². The molecule has 1 fully saturated rings. The second-order valence-electron chi connectivity index (χ2n) is 5.68. The number of hydrogen-bond donors (Lipinski definition) is 0. The fourth-order valence-electron chi connectivity index (χ4n) is 2.80. The second-order valence-corrected chi connectivity index (χ2v) is 5.68. The van der Waals surface area contributed by atoms with Gasteiger partial charge in [-0.1, -0.05) is 17.7 Å². The zero-order chi connectivity index (χ0) is 16.8. The van der Waals surface area contributed by atoms with Crippen molar-refractivity contribution in [3.63, 3.8) is 0 Å². The predicted octanol–water partition coefficient (Wildman–Crippen LogP) is 1.85. The van der Waals surface area contributed by atoms with Crippen LogP contribution >= 0.6 is 0 Å². The number of carbonyl (C=O) groups excluding carboxylic acids is 2. The molecule has 1 aliphatic rings. The average molecular weight is 320 g/mol. The number of rotatable bonds is 3. The van der Waals surface area contributed by atoms with Gasteiger partial charge in [0.15, 0.2) is 0 Å². The van der Waals surface area contributed by atoms with Gasteiger partial charge in [-0.25, -0.2) is 4.79 Å². The van der Waals surface area contributed by atoms with Gasteiger partial charge >= 0.3 is 6.09 Å². The van der Waals surface area contributed by atoms with E-state index in [1.165, 1.54) is 7.11 Å². The molecule has 1 aliphatic heterocycles. The number of ether oxygens (including phenoxy) is 2. The van der Waals surface area contributed by atoms with Crippen molar-refractivity contribution >= 4 is 12.0 Å². The number of hydrogen-bond acceptors (Lipinski definition) is 4. The Balaban J connectivity index is 2.01. The van der Waals surface area contributed by atoms with Crippen LogP contribution < -0.4 is 4.74 Å². The van der Waals surface area contributed by atoms with Crippen LogP contribution in [-0.4, -0.2) is 62.2 Å². The van der Waals surface area contributed by atoms with Crippen LogP contribution in [-0.2, 0) is 16.0 Å². The van der Waals surface area contributed by atoms with Crippen molar-refractivity contribution in [1.82, 2.24) is 9.80 Å². The van der Waals surface area contributed by atoms with E-state index in [2.05, 4.69) is 0 Å². The first-order valence-electron chi connectivity index (χ1n) is 7.79. The summed E-state index contributed by atoms with van der Waals surface area (Å²) in [6.45, 7) is 4.30.